The van der Waals surface area contributed by atoms with Crippen LogP contribution in [0.3, 0.4) is 0 Å². The topological polar surface area (TPSA) is 78.2 Å². The average molecular weight is 533 g/mol. The number of ether oxygens (including phenoxy) is 1. The summed E-state index contributed by atoms with van der Waals surface area (Å²) in [5.74, 6) is 1.65. The maximum absolute atomic E-state index is 6.48. The molecule has 0 saturated heterocycles. The predicted molar refractivity (Wildman–Crippen MR) is 157 cm³/mol. The lowest BCUT2D eigenvalue weighted by molar-refractivity contribution is 0.284. The van der Waals surface area contributed by atoms with Gasteiger partial charge in [-0.05, 0) is 60.8 Å². The zero-order chi connectivity index (χ0) is 27.5. The van der Waals surface area contributed by atoms with E-state index in [0.717, 1.165) is 53.4 Å². The van der Waals surface area contributed by atoms with Crippen molar-refractivity contribution in [3.8, 4) is 17.0 Å². The van der Waals surface area contributed by atoms with Gasteiger partial charge in [0.05, 0.1) is 25.2 Å². The van der Waals surface area contributed by atoms with E-state index in [0.29, 0.717) is 12.3 Å². The second-order valence-electron chi connectivity index (χ2n) is 11.2. The Morgan fingerprint density at radius 3 is 2.50 bits per heavy atom. The van der Waals surface area contributed by atoms with E-state index in [1.165, 1.54) is 5.56 Å². The Morgan fingerprint density at radius 2 is 1.84 bits per heavy atom. The van der Waals surface area contributed by atoms with E-state index in [2.05, 4.69) is 74.0 Å². The summed E-state index contributed by atoms with van der Waals surface area (Å²) in [6.07, 6.45) is 7.27. The third kappa shape index (κ3) is 6.22. The normalized spacial score (nSPS) is 12.2. The highest BCUT2D eigenvalue weighted by atomic mass is 28.4. The van der Waals surface area contributed by atoms with E-state index in [1.807, 2.05) is 25.4 Å². The van der Waals surface area contributed by atoms with Crippen molar-refractivity contribution < 1.29 is 9.16 Å². The van der Waals surface area contributed by atoms with Crippen LogP contribution in [0.15, 0.2) is 48.9 Å². The fraction of sp³-hybridized carbons (Fsp3) is 0.448. The molecule has 3 aromatic heterocycles. The van der Waals surface area contributed by atoms with E-state index in [-0.39, 0.29) is 5.04 Å². The van der Waals surface area contributed by atoms with E-state index >= 15 is 0 Å². The largest absolute Gasteiger partial charge is 0.497 e. The number of aryl methyl sites for hydroxylation is 2. The Bertz CT molecular complexity index is 1370. The van der Waals surface area contributed by atoms with Gasteiger partial charge in [-0.1, -0.05) is 27.7 Å². The van der Waals surface area contributed by atoms with Crippen LogP contribution in [-0.4, -0.2) is 53.3 Å². The maximum Gasteiger partial charge on any atom is 0.191 e. The Kier molecular flexibility index (Phi) is 8.18. The van der Waals surface area contributed by atoms with Gasteiger partial charge in [0, 0.05) is 43.7 Å². The van der Waals surface area contributed by atoms with Crippen LogP contribution < -0.4 is 9.64 Å². The minimum atomic E-state index is -1.82. The first-order valence-corrected chi connectivity index (χ1v) is 16.1. The molecule has 0 radical (unpaired) electrons. The lowest BCUT2D eigenvalue weighted by Gasteiger charge is -2.36. The highest BCUT2D eigenvalue weighted by Crippen LogP contribution is 2.37. The van der Waals surface area contributed by atoms with Crippen LogP contribution in [0.4, 0.5) is 11.5 Å². The Balaban J connectivity index is 1.68. The number of fused-ring (bicyclic) bond motifs is 1. The van der Waals surface area contributed by atoms with Gasteiger partial charge < -0.3 is 14.1 Å². The van der Waals surface area contributed by atoms with Gasteiger partial charge in [0.2, 0.25) is 0 Å². The van der Waals surface area contributed by atoms with E-state index in [1.54, 1.807) is 24.2 Å². The summed E-state index contributed by atoms with van der Waals surface area (Å²) in [4.78, 5) is 16.6. The van der Waals surface area contributed by atoms with Crippen molar-refractivity contribution in [1.82, 2.24) is 24.7 Å². The first kappa shape index (κ1) is 27.7. The monoisotopic (exact) mass is 532 g/mol. The smallest absolute Gasteiger partial charge is 0.191 e. The second kappa shape index (κ2) is 11.2. The lowest BCUT2D eigenvalue weighted by Crippen LogP contribution is -2.41. The maximum atomic E-state index is 6.48. The molecule has 0 atom stereocenters. The molecule has 4 aromatic rings. The van der Waals surface area contributed by atoms with Gasteiger partial charge >= 0.3 is 0 Å². The van der Waals surface area contributed by atoms with Crippen LogP contribution in [0.25, 0.3) is 22.4 Å². The quantitative estimate of drug-likeness (QED) is 0.169. The number of hydrogen-bond donors (Lipinski definition) is 0. The zero-order valence-electron chi connectivity index (χ0n) is 23.9. The van der Waals surface area contributed by atoms with Crippen LogP contribution in [-0.2, 0) is 17.9 Å². The first-order valence-electron chi connectivity index (χ1n) is 13.2. The summed E-state index contributed by atoms with van der Waals surface area (Å²) >= 11 is 0. The van der Waals surface area contributed by atoms with Crippen LogP contribution in [0, 0.1) is 0 Å². The lowest BCUT2D eigenvalue weighted by atomic mass is 10.1. The number of benzene rings is 1. The highest BCUT2D eigenvalue weighted by molar-refractivity contribution is 6.74. The van der Waals surface area contributed by atoms with Gasteiger partial charge in [-0.3, -0.25) is 9.67 Å². The van der Waals surface area contributed by atoms with Gasteiger partial charge in [-0.25, -0.2) is 9.97 Å². The summed E-state index contributed by atoms with van der Waals surface area (Å²) in [5, 5.41) is 4.45. The SMILES string of the molecule is CCc1cc(OC)cc(N(CCCO[Si](C)(C)C(C)(C)C)c2ccc3ncc(-c4cnn(C)c4)nc3n2)c1. The number of pyridine rings is 1. The van der Waals surface area contributed by atoms with Crippen molar-refractivity contribution in [1.29, 1.82) is 0 Å². The molecule has 9 heteroatoms. The van der Waals surface area contributed by atoms with Crippen molar-refractivity contribution in [3.63, 3.8) is 0 Å². The molecule has 3 heterocycles. The van der Waals surface area contributed by atoms with Crippen molar-refractivity contribution in [2.24, 2.45) is 7.05 Å². The number of methoxy groups -OCH3 is 1. The molecule has 0 amide bonds. The first-order chi connectivity index (χ1) is 18.0. The molecule has 8 nitrogen and oxygen atoms in total. The molecule has 0 aliphatic carbocycles. The van der Waals surface area contributed by atoms with Gasteiger partial charge in [0.25, 0.3) is 0 Å². The van der Waals surface area contributed by atoms with Crippen molar-refractivity contribution in [2.45, 2.75) is 58.7 Å². The second-order valence-corrected chi connectivity index (χ2v) is 16.0. The third-order valence-electron chi connectivity index (χ3n) is 7.37. The Hall–Kier alpha value is -3.30. The molecular formula is C29H40N6O2Si. The molecule has 1 aromatic carbocycles. The summed E-state index contributed by atoms with van der Waals surface area (Å²) < 4.78 is 13.9. The standard InChI is InChI=1S/C29H40N6O2Si/c1-9-21-15-23(17-24(16-21)36-6)35(13-10-14-37-38(7,8)29(2,3)4)27-12-11-25-28(33-27)32-26(19-30-25)22-18-31-34(5)20-22/h11-12,15-20H,9-10,13-14H2,1-8H3. The summed E-state index contributed by atoms with van der Waals surface area (Å²) in [6, 6.07) is 10.4. The van der Waals surface area contributed by atoms with Crippen LogP contribution in [0.1, 0.15) is 39.7 Å². The number of rotatable bonds is 10. The molecule has 202 valence electrons. The van der Waals surface area contributed by atoms with Crippen LogP contribution in [0.5, 0.6) is 5.75 Å². The van der Waals surface area contributed by atoms with E-state index in [4.69, 9.17) is 19.1 Å². The number of anilines is 2. The van der Waals surface area contributed by atoms with Gasteiger partial charge in [-0.15, -0.1) is 0 Å². The Labute approximate surface area is 227 Å². The summed E-state index contributed by atoms with van der Waals surface area (Å²) in [7, 11) is 1.78. The van der Waals surface area contributed by atoms with Crippen molar-refractivity contribution in [3.05, 3.63) is 54.5 Å². The van der Waals surface area contributed by atoms with Crippen LogP contribution >= 0.6 is 0 Å². The van der Waals surface area contributed by atoms with Crippen LogP contribution in [0.2, 0.25) is 18.1 Å². The van der Waals surface area contributed by atoms with Crippen molar-refractivity contribution in [2.75, 3.05) is 25.2 Å². The number of aromatic nitrogens is 5. The molecule has 0 unspecified atom stereocenters. The van der Waals surface area contributed by atoms with Gasteiger partial charge in [-0.2, -0.15) is 5.10 Å². The molecule has 0 spiro atoms. The number of nitrogens with zero attached hydrogens (tertiary/aromatic N) is 6. The molecule has 0 aliphatic rings. The molecule has 0 N–H and O–H groups in total. The summed E-state index contributed by atoms with van der Waals surface area (Å²) in [5.41, 5.74) is 5.26. The molecular weight excluding hydrogens is 492 g/mol. The fourth-order valence-corrected chi connectivity index (χ4v) is 5.08. The Morgan fingerprint density at radius 1 is 1.05 bits per heavy atom. The third-order valence-corrected chi connectivity index (χ3v) is 11.9. The molecule has 0 saturated carbocycles. The highest BCUT2D eigenvalue weighted by Gasteiger charge is 2.36. The molecule has 0 aliphatic heterocycles. The molecule has 38 heavy (non-hydrogen) atoms. The molecule has 0 fully saturated rings. The molecule has 0 bridgehead atoms. The minimum Gasteiger partial charge on any atom is -0.497 e. The van der Waals surface area contributed by atoms with E-state index < -0.39 is 8.32 Å². The summed E-state index contributed by atoms with van der Waals surface area (Å²) in [6.45, 7) is 15.0. The molecule has 4 rings (SSSR count). The number of hydrogen-bond acceptors (Lipinski definition) is 7. The zero-order valence-corrected chi connectivity index (χ0v) is 24.9. The van der Waals surface area contributed by atoms with E-state index in [9.17, 15) is 0 Å². The van der Waals surface area contributed by atoms with Gasteiger partial charge in [0.1, 0.15) is 17.1 Å². The fourth-order valence-electron chi connectivity index (χ4n) is 3.99. The average Bonchev–Trinajstić information content (AvgIpc) is 3.33. The predicted octanol–water partition coefficient (Wildman–Crippen LogP) is 6.55. The van der Waals surface area contributed by atoms with Crippen molar-refractivity contribution >= 4 is 31.0 Å². The van der Waals surface area contributed by atoms with Gasteiger partial charge in [0.15, 0.2) is 14.0 Å². The minimum absolute atomic E-state index is 0.181.